The van der Waals surface area contributed by atoms with E-state index >= 15 is 0 Å². The number of rotatable bonds is 14. The molecule has 1 aromatic rings. The highest BCUT2D eigenvalue weighted by Crippen LogP contribution is 2.42. The van der Waals surface area contributed by atoms with Crippen LogP contribution in [-0.2, 0) is 14.8 Å². The minimum atomic E-state index is -3.34. The van der Waals surface area contributed by atoms with E-state index in [-0.39, 0.29) is 18.2 Å². The standard InChI is InChI=1S/C25H47N3O3S/c1-12-23(27-15-20(7)26-17-27)14-25(10,19(5)6)24(16-28(13-2)32(11,29)30)31-22(9)21(8)18(3)4/h15,17-18,21-24H,5,12-14,16H2,1-4,6-11H3. The van der Waals surface area contributed by atoms with Crippen LogP contribution in [0.25, 0.3) is 0 Å². The van der Waals surface area contributed by atoms with Crippen LogP contribution in [0.1, 0.15) is 80.0 Å². The van der Waals surface area contributed by atoms with Gasteiger partial charge in [-0.15, -0.1) is 0 Å². The molecule has 0 N–H and O–H groups in total. The predicted molar refractivity (Wildman–Crippen MR) is 134 cm³/mol. The van der Waals surface area contributed by atoms with Gasteiger partial charge in [0.15, 0.2) is 0 Å². The Morgan fingerprint density at radius 3 is 2.25 bits per heavy atom. The van der Waals surface area contributed by atoms with Gasteiger partial charge in [-0.2, -0.15) is 4.31 Å². The van der Waals surface area contributed by atoms with E-state index in [0.29, 0.717) is 24.9 Å². The molecule has 0 bridgehead atoms. The zero-order valence-corrected chi connectivity index (χ0v) is 22.9. The molecule has 5 atom stereocenters. The quantitative estimate of drug-likeness (QED) is 0.339. The van der Waals surface area contributed by atoms with E-state index in [4.69, 9.17) is 4.74 Å². The molecule has 0 radical (unpaired) electrons. The Morgan fingerprint density at radius 1 is 1.28 bits per heavy atom. The molecule has 0 aliphatic rings. The zero-order chi connectivity index (χ0) is 24.9. The van der Waals surface area contributed by atoms with Crippen LogP contribution < -0.4 is 0 Å². The predicted octanol–water partition coefficient (Wildman–Crippen LogP) is 5.46. The van der Waals surface area contributed by atoms with Crippen molar-refractivity contribution in [3.05, 3.63) is 30.4 Å². The monoisotopic (exact) mass is 469 g/mol. The molecule has 186 valence electrons. The molecular weight excluding hydrogens is 422 g/mol. The van der Waals surface area contributed by atoms with Gasteiger partial charge < -0.3 is 9.30 Å². The lowest BCUT2D eigenvalue weighted by atomic mass is 9.72. The third-order valence-electron chi connectivity index (χ3n) is 7.33. The Morgan fingerprint density at radius 2 is 1.88 bits per heavy atom. The van der Waals surface area contributed by atoms with Gasteiger partial charge in [0.25, 0.3) is 0 Å². The Labute approximate surface area is 197 Å². The highest BCUT2D eigenvalue weighted by Gasteiger charge is 2.41. The van der Waals surface area contributed by atoms with Crippen molar-refractivity contribution in [3.63, 3.8) is 0 Å². The fourth-order valence-electron chi connectivity index (χ4n) is 4.17. The lowest BCUT2D eigenvalue weighted by Gasteiger charge is -2.44. The molecule has 0 saturated heterocycles. The van der Waals surface area contributed by atoms with Crippen LogP contribution in [0.3, 0.4) is 0 Å². The van der Waals surface area contributed by atoms with Gasteiger partial charge in [-0.3, -0.25) is 0 Å². The lowest BCUT2D eigenvalue weighted by Crippen LogP contribution is -2.49. The fourth-order valence-corrected chi connectivity index (χ4v) is 5.05. The van der Waals surface area contributed by atoms with Gasteiger partial charge >= 0.3 is 0 Å². The van der Waals surface area contributed by atoms with Crippen molar-refractivity contribution in [2.24, 2.45) is 17.3 Å². The Bertz CT molecular complexity index is 833. The minimum Gasteiger partial charge on any atom is -0.373 e. The molecule has 5 unspecified atom stereocenters. The number of sulfonamides is 1. The molecule has 1 aromatic heterocycles. The summed E-state index contributed by atoms with van der Waals surface area (Å²) in [6.45, 7) is 24.0. The first-order valence-corrected chi connectivity index (χ1v) is 13.8. The second-order valence-electron chi connectivity index (χ2n) is 10.1. The minimum absolute atomic E-state index is 0.00694. The van der Waals surface area contributed by atoms with Crippen LogP contribution >= 0.6 is 0 Å². The van der Waals surface area contributed by atoms with Crippen molar-refractivity contribution >= 4 is 10.0 Å². The molecule has 32 heavy (non-hydrogen) atoms. The number of aryl methyl sites for hydroxylation is 1. The summed E-state index contributed by atoms with van der Waals surface area (Å²) in [4.78, 5) is 4.41. The van der Waals surface area contributed by atoms with Gasteiger partial charge in [0.2, 0.25) is 10.0 Å². The van der Waals surface area contributed by atoms with E-state index in [1.165, 1.54) is 10.6 Å². The van der Waals surface area contributed by atoms with E-state index < -0.39 is 15.4 Å². The number of likely N-dealkylation sites (N-methyl/N-ethyl adjacent to an activating group) is 1. The molecule has 0 aliphatic heterocycles. The highest BCUT2D eigenvalue weighted by molar-refractivity contribution is 7.88. The summed E-state index contributed by atoms with van der Waals surface area (Å²) >= 11 is 0. The van der Waals surface area contributed by atoms with Gasteiger partial charge in [0.1, 0.15) is 0 Å². The number of aromatic nitrogens is 2. The van der Waals surface area contributed by atoms with Crippen LogP contribution in [0.4, 0.5) is 0 Å². The Balaban J connectivity index is 3.41. The first-order chi connectivity index (χ1) is 14.7. The highest BCUT2D eigenvalue weighted by atomic mass is 32.2. The molecular formula is C25H47N3O3S. The molecule has 1 heterocycles. The summed E-state index contributed by atoms with van der Waals surface area (Å²) in [6.07, 6.45) is 6.64. The molecule has 1 rings (SSSR count). The average molecular weight is 470 g/mol. The second kappa shape index (κ2) is 11.8. The summed E-state index contributed by atoms with van der Waals surface area (Å²) in [5.41, 5.74) is 1.58. The van der Waals surface area contributed by atoms with Gasteiger partial charge in [-0.25, -0.2) is 13.4 Å². The SMILES string of the molecule is C=C(C)C(C)(CC(CC)n1cnc(C)c1)C(CN(CC)S(C)(=O)=O)OC(C)C(C)C(C)C. The number of nitrogens with zero attached hydrogens (tertiary/aromatic N) is 3. The maximum absolute atomic E-state index is 12.5. The molecule has 0 aliphatic carbocycles. The molecule has 6 nitrogen and oxygen atoms in total. The number of imidazole rings is 1. The van der Waals surface area contributed by atoms with Gasteiger partial charge in [-0.1, -0.05) is 53.7 Å². The number of hydrogen-bond acceptors (Lipinski definition) is 4. The molecule has 0 spiro atoms. The van der Waals surface area contributed by atoms with Crippen LogP contribution in [0, 0.1) is 24.2 Å². The summed E-state index contributed by atoms with van der Waals surface area (Å²) in [6, 6.07) is 0.218. The van der Waals surface area contributed by atoms with Gasteiger partial charge in [0.05, 0.1) is 30.5 Å². The van der Waals surface area contributed by atoms with Crippen LogP contribution in [0.15, 0.2) is 24.7 Å². The number of ether oxygens (including phenoxy) is 1. The topological polar surface area (TPSA) is 64.4 Å². The maximum atomic E-state index is 12.5. The normalized spacial score (nSPS) is 18.4. The largest absolute Gasteiger partial charge is 0.373 e. The average Bonchev–Trinajstić information content (AvgIpc) is 3.12. The van der Waals surface area contributed by atoms with E-state index in [2.05, 4.69) is 63.9 Å². The maximum Gasteiger partial charge on any atom is 0.211 e. The Hall–Kier alpha value is -1.18. The molecule has 0 aromatic carbocycles. The lowest BCUT2D eigenvalue weighted by molar-refractivity contribution is -0.0940. The first kappa shape index (κ1) is 28.9. The van der Waals surface area contributed by atoms with Crippen molar-refractivity contribution in [3.8, 4) is 0 Å². The summed E-state index contributed by atoms with van der Waals surface area (Å²) < 4.78 is 35.3. The van der Waals surface area contributed by atoms with E-state index in [1.54, 1.807) is 0 Å². The van der Waals surface area contributed by atoms with Crippen LogP contribution in [-0.4, -0.2) is 53.8 Å². The number of hydrogen-bond donors (Lipinski definition) is 0. The zero-order valence-electron chi connectivity index (χ0n) is 22.1. The summed E-state index contributed by atoms with van der Waals surface area (Å²) in [5, 5.41) is 0. The van der Waals surface area contributed by atoms with Crippen LogP contribution in [0.2, 0.25) is 0 Å². The van der Waals surface area contributed by atoms with E-state index in [0.717, 1.165) is 24.1 Å². The summed E-state index contributed by atoms with van der Waals surface area (Å²) in [5.74, 6) is 0.815. The van der Waals surface area contributed by atoms with E-state index in [9.17, 15) is 8.42 Å². The molecule has 7 heteroatoms. The van der Waals surface area contributed by atoms with Crippen molar-refractivity contribution in [1.82, 2.24) is 13.9 Å². The van der Waals surface area contributed by atoms with Crippen molar-refractivity contribution in [2.75, 3.05) is 19.3 Å². The van der Waals surface area contributed by atoms with Crippen molar-refractivity contribution in [1.29, 1.82) is 0 Å². The first-order valence-electron chi connectivity index (χ1n) is 11.9. The third-order valence-corrected chi connectivity index (χ3v) is 8.68. The van der Waals surface area contributed by atoms with Crippen molar-refractivity contribution < 1.29 is 13.2 Å². The molecule has 0 saturated carbocycles. The van der Waals surface area contributed by atoms with E-state index in [1.807, 2.05) is 27.1 Å². The summed E-state index contributed by atoms with van der Waals surface area (Å²) in [7, 11) is -3.34. The third kappa shape index (κ3) is 7.42. The van der Waals surface area contributed by atoms with Crippen LogP contribution in [0.5, 0.6) is 0 Å². The Kier molecular flexibility index (Phi) is 10.6. The smallest absolute Gasteiger partial charge is 0.211 e. The van der Waals surface area contributed by atoms with Gasteiger partial charge in [-0.05, 0) is 45.4 Å². The fraction of sp³-hybridized carbons (Fsp3) is 0.800. The molecule has 0 fully saturated rings. The second-order valence-corrected chi connectivity index (χ2v) is 12.1. The van der Waals surface area contributed by atoms with Crippen molar-refractivity contribution in [2.45, 2.75) is 93.4 Å². The molecule has 0 amide bonds. The van der Waals surface area contributed by atoms with Gasteiger partial charge in [0, 0.05) is 30.7 Å².